The van der Waals surface area contributed by atoms with Crippen molar-refractivity contribution in [2.75, 3.05) is 20.8 Å². The number of hydrogen-bond donors (Lipinski definition) is 1. The molecule has 1 aromatic heterocycles. The first-order valence-electron chi connectivity index (χ1n) is 9.35. The molecule has 0 radical (unpaired) electrons. The number of rotatable bonds is 6. The lowest BCUT2D eigenvalue weighted by Gasteiger charge is -2.27. The topological polar surface area (TPSA) is 61.7 Å². The van der Waals surface area contributed by atoms with Crippen molar-refractivity contribution in [3.05, 3.63) is 59.8 Å². The Morgan fingerprint density at radius 2 is 2.07 bits per heavy atom. The lowest BCUT2D eigenvalue weighted by Crippen LogP contribution is -2.38. The molecule has 1 aliphatic heterocycles. The number of ether oxygens (including phenoxy) is 3. The first-order valence-corrected chi connectivity index (χ1v) is 9.35. The number of benzene rings is 2. The Kier molecular flexibility index (Phi) is 5.21. The maximum Gasteiger partial charge on any atom is 0.325 e. The van der Waals surface area contributed by atoms with Gasteiger partial charge in [0.1, 0.15) is 13.2 Å². The highest BCUT2D eigenvalue weighted by Crippen LogP contribution is 2.34. The minimum Gasteiger partial charge on any atom is -0.493 e. The van der Waals surface area contributed by atoms with E-state index in [1.54, 1.807) is 7.11 Å². The van der Waals surface area contributed by atoms with Crippen LogP contribution >= 0.6 is 0 Å². The predicted molar refractivity (Wildman–Crippen MR) is 107 cm³/mol. The van der Waals surface area contributed by atoms with Crippen LogP contribution in [-0.4, -0.2) is 37.4 Å². The number of hydrogen-bond acceptors (Lipinski definition) is 5. The molecule has 6 heteroatoms. The van der Waals surface area contributed by atoms with Crippen LogP contribution in [0.25, 0.3) is 10.9 Å². The van der Waals surface area contributed by atoms with Crippen molar-refractivity contribution in [3.8, 4) is 11.5 Å². The van der Waals surface area contributed by atoms with Crippen LogP contribution in [0.5, 0.6) is 11.5 Å². The van der Waals surface area contributed by atoms with Gasteiger partial charge in [-0.15, -0.1) is 0 Å². The second-order valence-corrected chi connectivity index (χ2v) is 6.92. The zero-order valence-corrected chi connectivity index (χ0v) is 16.1. The minimum atomic E-state index is -0.258. The fourth-order valence-electron chi connectivity index (χ4n) is 3.74. The van der Waals surface area contributed by atoms with E-state index in [0.29, 0.717) is 13.2 Å². The normalized spacial score (nSPS) is 15.7. The van der Waals surface area contributed by atoms with Crippen molar-refractivity contribution >= 4 is 16.9 Å². The predicted octanol–water partition coefficient (Wildman–Crippen LogP) is 2.92. The SMILES string of the molecule is COC(=O)Cn1cc(CN[C@@H]2COc3c(cccc3OC)C2)c2ccccc21. The van der Waals surface area contributed by atoms with Gasteiger partial charge in [-0.3, -0.25) is 4.79 Å². The van der Waals surface area contributed by atoms with E-state index in [2.05, 4.69) is 17.4 Å². The van der Waals surface area contributed by atoms with Crippen molar-refractivity contribution in [2.24, 2.45) is 0 Å². The molecule has 0 saturated carbocycles. The Morgan fingerprint density at radius 3 is 2.89 bits per heavy atom. The van der Waals surface area contributed by atoms with Crippen LogP contribution in [-0.2, 0) is 29.0 Å². The molecule has 1 N–H and O–H groups in total. The fourth-order valence-corrected chi connectivity index (χ4v) is 3.74. The summed E-state index contributed by atoms with van der Waals surface area (Å²) in [4.78, 5) is 11.7. The number of para-hydroxylation sites is 2. The second-order valence-electron chi connectivity index (χ2n) is 6.92. The second kappa shape index (κ2) is 7.94. The standard InChI is InChI=1S/C22H24N2O4/c1-26-20-9-5-6-15-10-17(14-28-22(15)20)23-11-16-12-24(13-21(25)27-2)19-8-4-3-7-18(16)19/h3-9,12,17,23H,10-11,13-14H2,1-2H3/t17-/m0/s1. The molecule has 1 atom stereocenters. The molecule has 1 aliphatic rings. The van der Waals surface area contributed by atoms with Crippen LogP contribution in [0.4, 0.5) is 0 Å². The molecule has 146 valence electrons. The van der Waals surface area contributed by atoms with Gasteiger partial charge in [-0.1, -0.05) is 30.3 Å². The molecule has 2 heterocycles. The molecule has 0 saturated heterocycles. The summed E-state index contributed by atoms with van der Waals surface area (Å²) >= 11 is 0. The van der Waals surface area contributed by atoms with Gasteiger partial charge in [0.25, 0.3) is 0 Å². The average molecular weight is 380 g/mol. The number of nitrogens with zero attached hydrogens (tertiary/aromatic N) is 1. The summed E-state index contributed by atoms with van der Waals surface area (Å²) in [5.74, 6) is 1.37. The van der Waals surface area contributed by atoms with Gasteiger partial charge in [0.15, 0.2) is 11.5 Å². The summed E-state index contributed by atoms with van der Waals surface area (Å²) in [7, 11) is 3.07. The van der Waals surface area contributed by atoms with E-state index in [-0.39, 0.29) is 18.6 Å². The minimum absolute atomic E-state index is 0.205. The molecule has 0 unspecified atom stereocenters. The van der Waals surface area contributed by atoms with E-state index >= 15 is 0 Å². The fraction of sp³-hybridized carbons (Fsp3) is 0.318. The Morgan fingerprint density at radius 1 is 1.21 bits per heavy atom. The number of carbonyl (C=O) groups excluding carboxylic acids is 1. The van der Waals surface area contributed by atoms with Crippen LogP contribution in [0, 0.1) is 0 Å². The number of methoxy groups -OCH3 is 2. The summed E-state index contributed by atoms with van der Waals surface area (Å²) in [5, 5.41) is 4.73. The van der Waals surface area contributed by atoms with E-state index in [1.807, 2.05) is 41.1 Å². The average Bonchev–Trinajstić information content (AvgIpc) is 3.09. The van der Waals surface area contributed by atoms with E-state index in [4.69, 9.17) is 14.2 Å². The number of fused-ring (bicyclic) bond motifs is 2. The summed E-state index contributed by atoms with van der Waals surface area (Å²) in [5.41, 5.74) is 3.33. The van der Waals surface area contributed by atoms with Gasteiger partial charge in [0, 0.05) is 29.7 Å². The Hall–Kier alpha value is -2.99. The van der Waals surface area contributed by atoms with Crippen LogP contribution in [0.1, 0.15) is 11.1 Å². The monoisotopic (exact) mass is 380 g/mol. The maximum atomic E-state index is 11.7. The quantitative estimate of drug-likeness (QED) is 0.667. The van der Waals surface area contributed by atoms with Gasteiger partial charge in [-0.05, 0) is 29.7 Å². The molecule has 28 heavy (non-hydrogen) atoms. The summed E-state index contributed by atoms with van der Waals surface area (Å²) < 4.78 is 18.1. The highest BCUT2D eigenvalue weighted by atomic mass is 16.5. The molecule has 4 rings (SSSR count). The zero-order chi connectivity index (χ0) is 19.5. The van der Waals surface area contributed by atoms with Crippen LogP contribution in [0.15, 0.2) is 48.7 Å². The van der Waals surface area contributed by atoms with Gasteiger partial charge in [0.05, 0.1) is 14.2 Å². The van der Waals surface area contributed by atoms with E-state index in [1.165, 1.54) is 7.11 Å². The molecular formula is C22H24N2O4. The number of aromatic nitrogens is 1. The number of esters is 1. The Labute approximate surface area is 164 Å². The molecule has 0 fully saturated rings. The van der Waals surface area contributed by atoms with E-state index in [0.717, 1.165) is 39.9 Å². The molecule has 0 amide bonds. The third-order valence-electron chi connectivity index (χ3n) is 5.15. The first kappa shape index (κ1) is 18.4. The van der Waals surface area contributed by atoms with Gasteiger partial charge in [-0.2, -0.15) is 0 Å². The summed E-state index contributed by atoms with van der Waals surface area (Å²) in [6.07, 6.45) is 2.91. The summed E-state index contributed by atoms with van der Waals surface area (Å²) in [6.45, 7) is 1.49. The van der Waals surface area contributed by atoms with Gasteiger partial charge in [-0.25, -0.2) is 0 Å². The van der Waals surface area contributed by atoms with Crippen LogP contribution < -0.4 is 14.8 Å². The number of nitrogens with one attached hydrogen (secondary N) is 1. The molecule has 0 aliphatic carbocycles. The zero-order valence-electron chi connectivity index (χ0n) is 16.1. The first-order chi connectivity index (χ1) is 13.7. The van der Waals surface area contributed by atoms with E-state index in [9.17, 15) is 4.79 Å². The molecule has 6 nitrogen and oxygen atoms in total. The van der Waals surface area contributed by atoms with Crippen molar-refractivity contribution < 1.29 is 19.0 Å². The highest BCUT2D eigenvalue weighted by molar-refractivity contribution is 5.85. The van der Waals surface area contributed by atoms with Crippen molar-refractivity contribution in [1.29, 1.82) is 0 Å². The van der Waals surface area contributed by atoms with Crippen molar-refractivity contribution in [2.45, 2.75) is 25.6 Å². The lowest BCUT2D eigenvalue weighted by molar-refractivity contribution is -0.141. The molecule has 0 bridgehead atoms. The Balaban J connectivity index is 1.49. The molecule has 3 aromatic rings. The molecular weight excluding hydrogens is 356 g/mol. The van der Waals surface area contributed by atoms with Gasteiger partial charge in [0.2, 0.25) is 0 Å². The molecule has 2 aromatic carbocycles. The van der Waals surface area contributed by atoms with Gasteiger partial charge >= 0.3 is 5.97 Å². The largest absolute Gasteiger partial charge is 0.493 e. The Bertz CT molecular complexity index is 995. The van der Waals surface area contributed by atoms with E-state index < -0.39 is 0 Å². The number of carbonyl (C=O) groups is 1. The molecule has 0 spiro atoms. The van der Waals surface area contributed by atoms with Crippen LogP contribution in [0.2, 0.25) is 0 Å². The van der Waals surface area contributed by atoms with Crippen LogP contribution in [0.3, 0.4) is 0 Å². The van der Waals surface area contributed by atoms with Gasteiger partial charge < -0.3 is 24.1 Å². The highest BCUT2D eigenvalue weighted by Gasteiger charge is 2.22. The van der Waals surface area contributed by atoms with Crippen molar-refractivity contribution in [3.63, 3.8) is 0 Å². The maximum absolute atomic E-state index is 11.7. The third kappa shape index (κ3) is 3.55. The van der Waals surface area contributed by atoms with Crippen molar-refractivity contribution in [1.82, 2.24) is 9.88 Å². The third-order valence-corrected chi connectivity index (χ3v) is 5.15. The smallest absolute Gasteiger partial charge is 0.325 e. The summed E-state index contributed by atoms with van der Waals surface area (Å²) in [6, 6.07) is 14.3. The lowest BCUT2D eigenvalue weighted by atomic mass is 10.0.